The average Bonchev–Trinajstić information content (AvgIpc) is 2.51. The smallest absolute Gasteiger partial charge is 0.0414 e. The Morgan fingerprint density at radius 3 is 0.593 bits per heavy atom. The average molecular weight is 355 g/mol. The molecule has 0 unspecified atom stereocenters. The maximum atomic E-state index is 4.89. The van der Waals surface area contributed by atoms with E-state index in [4.69, 9.17) is 46.4 Å². The minimum atomic E-state index is -0.167. The van der Waals surface area contributed by atoms with E-state index in [9.17, 15) is 0 Å². The lowest BCUT2D eigenvalue weighted by atomic mass is 9.21. The first kappa shape index (κ1) is 35.0. The molecular weight excluding hydrogens is 314 g/mol. The van der Waals surface area contributed by atoms with Crippen LogP contribution in [0.2, 0.25) is 20.5 Å². The van der Waals surface area contributed by atoms with E-state index in [0.717, 1.165) is 0 Å². The fraction of sp³-hybridized carbons (Fsp3) is 1.00. The van der Waals surface area contributed by atoms with E-state index >= 15 is 0 Å². The van der Waals surface area contributed by atoms with Crippen molar-refractivity contribution in [2.24, 2.45) is 0 Å². The molecule has 0 rings (SSSR count). The number of hydrogen-bond donors (Lipinski definition) is 0. The zero-order chi connectivity index (χ0) is 21.9. The van der Waals surface area contributed by atoms with E-state index in [2.05, 4.69) is 13.8 Å². The van der Waals surface area contributed by atoms with Crippen LogP contribution in [0.1, 0.15) is 97.3 Å². The van der Waals surface area contributed by atoms with Gasteiger partial charge in [0.1, 0.15) is 0 Å². The highest BCUT2D eigenvalue weighted by molar-refractivity contribution is 7.29. The first-order valence-electron chi connectivity index (χ1n) is 11.1. The van der Waals surface area contributed by atoms with Gasteiger partial charge in [-0.25, -0.2) is 0 Å². The van der Waals surface area contributed by atoms with Crippen LogP contribution in [-0.2, 0) is 0 Å². The van der Waals surface area contributed by atoms with Crippen molar-refractivity contribution in [1.29, 1.82) is 0 Å². The summed E-state index contributed by atoms with van der Waals surface area (Å²) in [5.41, 5.74) is 0. The van der Waals surface area contributed by atoms with Crippen LogP contribution in [0, 0.1) is 0 Å². The Bertz CT molecular complexity index is 180. The Balaban J connectivity index is -0.000000179. The van der Waals surface area contributed by atoms with Crippen LogP contribution in [0.15, 0.2) is 0 Å². The molecule has 27 heavy (non-hydrogen) atoms. The van der Waals surface area contributed by atoms with E-state index in [-0.39, 0.29) is 19.5 Å². The van der Waals surface area contributed by atoms with Gasteiger partial charge >= 0.3 is 0 Å². The number of hydrogen-bond acceptors (Lipinski definition) is 0. The van der Waals surface area contributed by atoms with Gasteiger partial charge in [0.2, 0.25) is 0 Å². The van der Waals surface area contributed by atoms with Crippen LogP contribution in [0.3, 0.4) is 0 Å². The summed E-state index contributed by atoms with van der Waals surface area (Å²) in [5, 5.41) is 0. The van der Waals surface area contributed by atoms with E-state index in [1.807, 2.05) is 0 Å². The van der Waals surface area contributed by atoms with E-state index in [0.29, 0.717) is 0 Å². The lowest BCUT2D eigenvalue weighted by Crippen LogP contribution is -2.03. The lowest BCUT2D eigenvalue weighted by Gasteiger charge is -2.01. The van der Waals surface area contributed by atoms with Gasteiger partial charge in [-0.1, -0.05) is 97.3 Å². The summed E-state index contributed by atoms with van der Waals surface area (Å²) in [5.74, 6) is 0. The minimum absolute atomic E-state index is 0.167. The molecule has 0 saturated carbocycles. The molecule has 0 bridgehead atoms. The number of unbranched alkanes of at least 4 members (excludes halogenated alkanes) is 12. The molecule has 0 aromatic carbocycles. The van der Waals surface area contributed by atoms with Crippen molar-refractivity contribution in [2.45, 2.75) is 118 Å². The van der Waals surface area contributed by atoms with Gasteiger partial charge in [-0.15, -0.1) is 20.5 Å². The summed E-state index contributed by atoms with van der Waals surface area (Å²) in [6.45, 7) is 9.24. The van der Waals surface area contributed by atoms with Crippen molar-refractivity contribution in [2.75, 3.05) is 0 Å². The van der Waals surface area contributed by atoms with Crippen LogP contribution in [0.4, 0.5) is 0 Å². The van der Waals surface area contributed by atoms with E-state index in [1.165, 1.54) is 83.5 Å². The van der Waals surface area contributed by atoms with Gasteiger partial charge in [0.15, 0.2) is 0 Å². The molecule has 0 aromatic heterocycles. The molecule has 0 aliphatic heterocycles. The molecule has 12 radical (unpaired) electrons. The Labute approximate surface area is 183 Å². The molecule has 0 aromatic rings. The zero-order valence-corrected chi connectivity index (χ0v) is 19.4. The van der Waals surface area contributed by atoms with Crippen molar-refractivity contribution < 1.29 is 0 Å². The fourth-order valence-electron chi connectivity index (χ4n) is 2.09. The quantitative estimate of drug-likeness (QED) is 0.359. The molecule has 0 fully saturated rings. The van der Waals surface area contributed by atoms with Gasteiger partial charge in [-0.3, -0.25) is 0 Å². The highest BCUT2D eigenvalue weighted by Gasteiger charge is 1.92. The first-order valence-corrected chi connectivity index (χ1v) is 11.1. The van der Waals surface area contributed by atoms with Crippen molar-refractivity contribution in [3.63, 3.8) is 0 Å². The summed E-state index contributed by atoms with van der Waals surface area (Å²) in [6, 6.07) is 0. The second-order valence-electron chi connectivity index (χ2n) is 7.47. The van der Waals surface area contributed by atoms with Crippen molar-refractivity contribution in [3.8, 4) is 0 Å². The summed E-state index contributed by atoms with van der Waals surface area (Å²) in [4.78, 5) is 0. The topological polar surface area (TPSA) is 0 Å². The third-order valence-electron chi connectivity index (χ3n) is 3.21. The predicted octanol–water partition coefficient (Wildman–Crippen LogP) is 4.42. The minimum Gasteiger partial charge on any atom is -0.101 e. The molecule has 0 N–H and O–H groups in total. The van der Waals surface area contributed by atoms with E-state index in [1.54, 1.807) is 20.5 Å². The second kappa shape index (κ2) is 34.1. The summed E-state index contributed by atoms with van der Waals surface area (Å²) in [7, 11) is 29.3. The van der Waals surface area contributed by atoms with Crippen molar-refractivity contribution in [3.05, 3.63) is 0 Å². The highest BCUT2D eigenvalue weighted by atomic mass is 14.0. The Morgan fingerprint density at radius 2 is 0.481 bits per heavy atom. The molecule has 0 aliphatic rings. The van der Waals surface area contributed by atoms with Gasteiger partial charge in [-0.2, -0.15) is 0 Å². The molecule has 0 nitrogen and oxygen atoms in total. The normalized spacial score (nSPS) is 8.78. The largest absolute Gasteiger partial charge is 0.101 e. The third kappa shape index (κ3) is 101. The van der Waals surface area contributed by atoms with Crippen LogP contribution >= 0.6 is 0 Å². The molecule has 0 spiro atoms. The van der Waals surface area contributed by atoms with Crippen molar-refractivity contribution in [1.82, 2.24) is 0 Å². The molecule has 0 saturated heterocycles. The molecule has 0 atom stereocenters. The number of rotatable bonds is 12. The zero-order valence-electron chi connectivity index (χ0n) is 19.4. The van der Waals surface area contributed by atoms with Crippen LogP contribution in [-0.4, -0.2) is 65.9 Å². The van der Waals surface area contributed by atoms with Crippen molar-refractivity contribution >= 4 is 65.9 Å². The monoisotopic (exact) mass is 356 g/mol. The first-order chi connectivity index (χ1) is 12.6. The molecular formula is C18H41B9. The van der Waals surface area contributed by atoms with Gasteiger partial charge in [0, 0.05) is 65.9 Å². The highest BCUT2D eigenvalue weighted by Crippen LogP contribution is 2.12. The summed E-state index contributed by atoms with van der Waals surface area (Å²) >= 11 is 0. The molecule has 9 heteroatoms. The third-order valence-corrected chi connectivity index (χ3v) is 3.21. The Kier molecular flexibility index (Phi) is 44.3. The lowest BCUT2D eigenvalue weighted by molar-refractivity contribution is 0.542. The summed E-state index contributed by atoms with van der Waals surface area (Å²) < 4.78 is 0. The van der Waals surface area contributed by atoms with Crippen LogP contribution < -0.4 is 0 Å². The standard InChI is InChI=1S/C15H32.3CH3B3/c1-3-5-7-9-11-13-15-14-12-10-8-6-4-2;3*1-4(2)3/h3-15H2,1-2H3;3*1H3. The molecule has 0 amide bonds. The summed E-state index contributed by atoms with van der Waals surface area (Å²) in [6.07, 6.45) is 18.9. The van der Waals surface area contributed by atoms with Gasteiger partial charge < -0.3 is 0 Å². The molecule has 0 aliphatic carbocycles. The molecule has 0 heterocycles. The van der Waals surface area contributed by atoms with Gasteiger partial charge in [-0.05, 0) is 0 Å². The van der Waals surface area contributed by atoms with Crippen LogP contribution in [0.25, 0.3) is 0 Å². The SMILES string of the molecule is CCCCCCCCCCCCCCC.[B]B([B])C.[B]B([B])C.[B]B([B])C. The Hall–Kier alpha value is 0.584. The van der Waals surface area contributed by atoms with E-state index < -0.39 is 0 Å². The van der Waals surface area contributed by atoms with Gasteiger partial charge in [0.25, 0.3) is 0 Å². The fourth-order valence-corrected chi connectivity index (χ4v) is 2.09. The van der Waals surface area contributed by atoms with Gasteiger partial charge in [0.05, 0.1) is 0 Å². The maximum Gasteiger partial charge on any atom is 0.0414 e. The molecule has 140 valence electrons. The van der Waals surface area contributed by atoms with Crippen LogP contribution in [0.5, 0.6) is 0 Å². The maximum absolute atomic E-state index is 4.89. The Morgan fingerprint density at radius 1 is 0.370 bits per heavy atom. The second-order valence-corrected chi connectivity index (χ2v) is 7.47. The predicted molar refractivity (Wildman–Crippen MR) is 141 cm³/mol.